The smallest absolute Gasteiger partial charge is 0.218 e. The van der Waals surface area contributed by atoms with Gasteiger partial charge in [-0.25, -0.2) is 12.8 Å². The van der Waals surface area contributed by atoms with Crippen LogP contribution in [0.5, 0.6) is 0 Å². The summed E-state index contributed by atoms with van der Waals surface area (Å²) < 4.78 is 38.6. The van der Waals surface area contributed by atoms with E-state index in [4.69, 9.17) is 0 Å². The third-order valence-corrected chi connectivity index (χ3v) is 4.80. The number of hydrogen-bond donors (Lipinski definition) is 1. The number of piperazine rings is 1. The minimum atomic E-state index is -3.31. The first-order chi connectivity index (χ1) is 8.47. The van der Waals surface area contributed by atoms with Crippen molar-refractivity contribution in [3.8, 4) is 0 Å². The van der Waals surface area contributed by atoms with Crippen molar-refractivity contribution in [2.24, 2.45) is 0 Å². The van der Waals surface area contributed by atoms with Gasteiger partial charge in [-0.1, -0.05) is 12.1 Å². The van der Waals surface area contributed by atoms with E-state index in [1.165, 1.54) is 28.6 Å². The second kappa shape index (κ2) is 5.34. The molecule has 1 aliphatic rings. The number of nitrogens with zero attached hydrogens (tertiary/aromatic N) is 1. The van der Waals surface area contributed by atoms with Gasteiger partial charge in [-0.3, -0.25) is 0 Å². The first kappa shape index (κ1) is 13.5. The highest BCUT2D eigenvalue weighted by molar-refractivity contribution is 7.88. The lowest BCUT2D eigenvalue weighted by Crippen LogP contribution is -2.51. The first-order valence-electron chi connectivity index (χ1n) is 5.93. The molecule has 1 fully saturated rings. The molecule has 0 spiro atoms. The maximum absolute atomic E-state index is 12.8. The van der Waals surface area contributed by atoms with Crippen LogP contribution in [0.1, 0.15) is 12.5 Å². The Morgan fingerprint density at radius 2 is 2.06 bits per heavy atom. The number of halogens is 1. The Bertz CT molecular complexity index is 501. The van der Waals surface area contributed by atoms with Crippen LogP contribution in [0.2, 0.25) is 0 Å². The van der Waals surface area contributed by atoms with Crippen molar-refractivity contribution in [1.29, 1.82) is 0 Å². The van der Waals surface area contributed by atoms with E-state index in [1.54, 1.807) is 0 Å². The summed E-state index contributed by atoms with van der Waals surface area (Å²) >= 11 is 0. The van der Waals surface area contributed by atoms with Crippen LogP contribution >= 0.6 is 0 Å². The summed E-state index contributed by atoms with van der Waals surface area (Å²) in [4.78, 5) is 0. The van der Waals surface area contributed by atoms with Gasteiger partial charge in [0.2, 0.25) is 10.0 Å². The van der Waals surface area contributed by atoms with E-state index in [0.29, 0.717) is 25.2 Å². The second-order valence-electron chi connectivity index (χ2n) is 4.60. The van der Waals surface area contributed by atoms with E-state index in [-0.39, 0.29) is 17.6 Å². The summed E-state index contributed by atoms with van der Waals surface area (Å²) in [6, 6.07) is 5.76. The largest absolute Gasteiger partial charge is 0.312 e. The minimum absolute atomic E-state index is 0.0694. The van der Waals surface area contributed by atoms with E-state index in [2.05, 4.69) is 5.32 Å². The van der Waals surface area contributed by atoms with Gasteiger partial charge in [0.15, 0.2) is 0 Å². The van der Waals surface area contributed by atoms with Gasteiger partial charge in [0.25, 0.3) is 0 Å². The van der Waals surface area contributed by atoms with Crippen LogP contribution in [0.3, 0.4) is 0 Å². The Hall–Kier alpha value is -0.980. The zero-order valence-corrected chi connectivity index (χ0v) is 11.1. The summed E-state index contributed by atoms with van der Waals surface area (Å²) in [5.74, 6) is -0.424. The molecular weight excluding hydrogens is 255 g/mol. The third kappa shape index (κ3) is 3.28. The Morgan fingerprint density at radius 3 is 2.67 bits per heavy atom. The molecule has 1 aromatic rings. The number of benzene rings is 1. The summed E-state index contributed by atoms with van der Waals surface area (Å²) in [6.45, 7) is 3.61. The Labute approximate surface area is 107 Å². The normalized spacial score (nSPS) is 22.0. The van der Waals surface area contributed by atoms with E-state index in [1.807, 2.05) is 6.92 Å². The van der Waals surface area contributed by atoms with Crippen molar-refractivity contribution in [2.45, 2.75) is 18.7 Å². The minimum Gasteiger partial charge on any atom is -0.312 e. The molecule has 0 saturated carbocycles. The summed E-state index contributed by atoms with van der Waals surface area (Å²) in [7, 11) is -3.31. The molecule has 1 atom stereocenters. The Morgan fingerprint density at radius 1 is 1.39 bits per heavy atom. The Balaban J connectivity index is 2.09. The highest BCUT2D eigenvalue weighted by atomic mass is 32.2. The van der Waals surface area contributed by atoms with Crippen molar-refractivity contribution >= 4 is 10.0 Å². The van der Waals surface area contributed by atoms with Gasteiger partial charge in [-0.05, 0) is 24.6 Å². The lowest BCUT2D eigenvalue weighted by molar-refractivity contribution is 0.310. The molecule has 0 radical (unpaired) electrons. The van der Waals surface area contributed by atoms with E-state index in [9.17, 15) is 12.8 Å². The molecule has 1 saturated heterocycles. The maximum Gasteiger partial charge on any atom is 0.218 e. The summed E-state index contributed by atoms with van der Waals surface area (Å²) in [5.41, 5.74) is 0.614. The van der Waals surface area contributed by atoms with Gasteiger partial charge in [-0.15, -0.1) is 0 Å². The molecule has 0 aliphatic carbocycles. The zero-order chi connectivity index (χ0) is 13.2. The molecule has 4 nitrogen and oxygen atoms in total. The van der Waals surface area contributed by atoms with Gasteiger partial charge in [0.1, 0.15) is 5.82 Å². The molecule has 0 amide bonds. The van der Waals surface area contributed by atoms with Crippen LogP contribution in [0.25, 0.3) is 0 Å². The maximum atomic E-state index is 12.8. The molecule has 18 heavy (non-hydrogen) atoms. The van der Waals surface area contributed by atoms with Gasteiger partial charge in [-0.2, -0.15) is 4.31 Å². The molecule has 1 N–H and O–H groups in total. The fourth-order valence-corrected chi connectivity index (χ4v) is 3.65. The fourth-order valence-electron chi connectivity index (χ4n) is 2.03. The topological polar surface area (TPSA) is 49.4 Å². The quantitative estimate of drug-likeness (QED) is 0.891. The Kier molecular flexibility index (Phi) is 3.99. The predicted octanol–water partition coefficient (Wildman–Crippen LogP) is 0.949. The second-order valence-corrected chi connectivity index (χ2v) is 6.56. The molecule has 100 valence electrons. The van der Waals surface area contributed by atoms with Gasteiger partial charge >= 0.3 is 0 Å². The van der Waals surface area contributed by atoms with Crippen LogP contribution in [0, 0.1) is 5.82 Å². The van der Waals surface area contributed by atoms with Crippen LogP contribution in [0.15, 0.2) is 24.3 Å². The van der Waals surface area contributed by atoms with Crippen LogP contribution in [-0.4, -0.2) is 38.4 Å². The van der Waals surface area contributed by atoms with E-state index >= 15 is 0 Å². The molecule has 0 unspecified atom stereocenters. The van der Waals surface area contributed by atoms with Crippen molar-refractivity contribution < 1.29 is 12.8 Å². The molecule has 1 heterocycles. The van der Waals surface area contributed by atoms with Crippen LogP contribution in [-0.2, 0) is 15.8 Å². The number of hydrogen-bond acceptors (Lipinski definition) is 3. The van der Waals surface area contributed by atoms with Gasteiger partial charge < -0.3 is 5.32 Å². The number of rotatable bonds is 3. The van der Waals surface area contributed by atoms with Gasteiger partial charge in [0.05, 0.1) is 5.75 Å². The average Bonchev–Trinajstić information content (AvgIpc) is 2.32. The summed E-state index contributed by atoms with van der Waals surface area (Å²) in [5, 5.41) is 3.20. The average molecular weight is 272 g/mol. The van der Waals surface area contributed by atoms with E-state index in [0.717, 1.165) is 0 Å². The van der Waals surface area contributed by atoms with Crippen molar-refractivity contribution in [2.75, 3.05) is 19.6 Å². The highest BCUT2D eigenvalue weighted by Gasteiger charge is 2.26. The monoisotopic (exact) mass is 272 g/mol. The van der Waals surface area contributed by atoms with Crippen LogP contribution in [0.4, 0.5) is 4.39 Å². The van der Waals surface area contributed by atoms with Gasteiger partial charge in [0, 0.05) is 25.7 Å². The fraction of sp³-hybridized carbons (Fsp3) is 0.500. The molecule has 1 aliphatic heterocycles. The lowest BCUT2D eigenvalue weighted by atomic mass is 10.2. The standard InChI is InChI=1S/C12H17FN2O2S/c1-10-8-15(7-6-14-10)18(16,17)9-11-2-4-12(13)5-3-11/h2-5,10,14H,6-9H2,1H3/t10-/m1/s1. The molecule has 6 heteroatoms. The zero-order valence-electron chi connectivity index (χ0n) is 10.3. The van der Waals surface area contributed by atoms with E-state index < -0.39 is 10.0 Å². The number of sulfonamides is 1. The molecular formula is C12H17FN2O2S. The lowest BCUT2D eigenvalue weighted by Gasteiger charge is -2.31. The molecule has 0 aromatic heterocycles. The first-order valence-corrected chi connectivity index (χ1v) is 7.54. The van der Waals surface area contributed by atoms with Crippen molar-refractivity contribution in [3.63, 3.8) is 0 Å². The molecule has 2 rings (SSSR count). The SMILES string of the molecule is C[C@@H]1CN(S(=O)(=O)Cc2ccc(F)cc2)CCN1. The number of nitrogens with one attached hydrogen (secondary N) is 1. The van der Waals surface area contributed by atoms with Crippen molar-refractivity contribution in [1.82, 2.24) is 9.62 Å². The highest BCUT2D eigenvalue weighted by Crippen LogP contribution is 2.13. The third-order valence-electron chi connectivity index (χ3n) is 2.99. The molecule has 0 bridgehead atoms. The van der Waals surface area contributed by atoms with Crippen molar-refractivity contribution in [3.05, 3.63) is 35.6 Å². The molecule has 1 aromatic carbocycles. The predicted molar refractivity (Wildman–Crippen MR) is 68.1 cm³/mol. The summed E-state index contributed by atoms with van der Waals surface area (Å²) in [6.07, 6.45) is 0. The van der Waals surface area contributed by atoms with Crippen LogP contribution < -0.4 is 5.32 Å².